The number of hydrogen-bond acceptors (Lipinski definition) is 2. The Labute approximate surface area is 117 Å². The highest BCUT2D eigenvalue weighted by molar-refractivity contribution is 5.87. The van der Waals surface area contributed by atoms with Crippen molar-refractivity contribution in [1.29, 1.82) is 0 Å². The standard InChI is InChI=1S/C16H28N2O/c1-13(2)14-10-16(11-14)7-9-18(12-16)15(19)6-5-8-17(3)4/h5-6,13-14H,7-12H2,1-4H3/b6-5+. The number of likely N-dealkylation sites (N-methyl/N-ethyl adjacent to an activating group) is 1. The van der Waals surface area contributed by atoms with Crippen LogP contribution in [0.1, 0.15) is 33.1 Å². The minimum absolute atomic E-state index is 0.201. The van der Waals surface area contributed by atoms with Crippen molar-refractivity contribution >= 4 is 5.91 Å². The molecule has 1 saturated carbocycles. The van der Waals surface area contributed by atoms with Gasteiger partial charge in [0, 0.05) is 25.7 Å². The smallest absolute Gasteiger partial charge is 0.246 e. The molecule has 0 unspecified atom stereocenters. The largest absolute Gasteiger partial charge is 0.339 e. The second kappa shape index (κ2) is 5.66. The molecule has 2 rings (SSSR count). The van der Waals surface area contributed by atoms with Crippen molar-refractivity contribution in [3.63, 3.8) is 0 Å². The summed E-state index contributed by atoms with van der Waals surface area (Å²) in [4.78, 5) is 16.2. The van der Waals surface area contributed by atoms with Crippen LogP contribution in [0.4, 0.5) is 0 Å². The maximum atomic E-state index is 12.1. The molecule has 1 saturated heterocycles. The monoisotopic (exact) mass is 264 g/mol. The quantitative estimate of drug-likeness (QED) is 0.728. The lowest BCUT2D eigenvalue weighted by atomic mass is 9.58. The molecule has 0 aromatic rings. The summed E-state index contributed by atoms with van der Waals surface area (Å²) in [5.74, 6) is 1.89. The Balaban J connectivity index is 1.79. The van der Waals surface area contributed by atoms with E-state index >= 15 is 0 Å². The maximum absolute atomic E-state index is 12.1. The first-order valence-corrected chi connectivity index (χ1v) is 7.52. The Hall–Kier alpha value is -0.830. The molecule has 0 N–H and O–H groups in total. The van der Waals surface area contributed by atoms with Crippen molar-refractivity contribution in [1.82, 2.24) is 9.80 Å². The van der Waals surface area contributed by atoms with Crippen molar-refractivity contribution in [2.24, 2.45) is 17.3 Å². The second-order valence-corrected chi connectivity index (χ2v) is 7.09. The normalized spacial score (nSPS) is 30.8. The van der Waals surface area contributed by atoms with E-state index in [0.717, 1.165) is 31.5 Å². The van der Waals surface area contributed by atoms with Gasteiger partial charge in [-0.1, -0.05) is 19.9 Å². The van der Waals surface area contributed by atoms with Gasteiger partial charge in [0.05, 0.1) is 0 Å². The number of carbonyl (C=O) groups is 1. The second-order valence-electron chi connectivity index (χ2n) is 7.09. The summed E-state index contributed by atoms with van der Waals surface area (Å²) in [7, 11) is 4.03. The Kier molecular flexibility index (Phi) is 4.34. The Morgan fingerprint density at radius 1 is 1.42 bits per heavy atom. The van der Waals surface area contributed by atoms with Crippen molar-refractivity contribution in [3.05, 3.63) is 12.2 Å². The highest BCUT2D eigenvalue weighted by Crippen LogP contribution is 2.54. The molecule has 2 fully saturated rings. The van der Waals surface area contributed by atoms with E-state index in [4.69, 9.17) is 0 Å². The lowest BCUT2D eigenvalue weighted by molar-refractivity contribution is -0.126. The van der Waals surface area contributed by atoms with Crippen LogP contribution in [-0.2, 0) is 4.79 Å². The van der Waals surface area contributed by atoms with E-state index in [1.165, 1.54) is 19.3 Å². The SMILES string of the molecule is CC(C)C1CC2(CCN(C(=O)/C=C/CN(C)C)C2)C1. The zero-order valence-corrected chi connectivity index (χ0v) is 12.9. The van der Waals surface area contributed by atoms with Crippen molar-refractivity contribution < 1.29 is 4.79 Å². The van der Waals surface area contributed by atoms with Crippen LogP contribution in [0.3, 0.4) is 0 Å². The number of hydrogen-bond donors (Lipinski definition) is 0. The van der Waals surface area contributed by atoms with Crippen LogP contribution >= 0.6 is 0 Å². The van der Waals surface area contributed by atoms with Crippen molar-refractivity contribution in [2.75, 3.05) is 33.7 Å². The van der Waals surface area contributed by atoms with E-state index in [1.807, 2.05) is 25.1 Å². The lowest BCUT2D eigenvalue weighted by Crippen LogP contribution is -2.42. The third-order valence-corrected chi connectivity index (χ3v) is 4.81. The minimum Gasteiger partial charge on any atom is -0.339 e. The average molecular weight is 264 g/mol. The minimum atomic E-state index is 0.201. The van der Waals surface area contributed by atoms with Gasteiger partial charge >= 0.3 is 0 Å². The molecule has 2 aliphatic rings. The third-order valence-electron chi connectivity index (χ3n) is 4.81. The van der Waals surface area contributed by atoms with Crippen LogP contribution in [0.15, 0.2) is 12.2 Å². The van der Waals surface area contributed by atoms with Crippen LogP contribution < -0.4 is 0 Å². The summed E-state index contributed by atoms with van der Waals surface area (Å²) in [5, 5.41) is 0. The molecular weight excluding hydrogens is 236 g/mol. The Bertz CT molecular complexity index is 354. The average Bonchev–Trinajstić information content (AvgIpc) is 2.71. The zero-order chi connectivity index (χ0) is 14.0. The van der Waals surface area contributed by atoms with Gasteiger partial charge in [0.15, 0.2) is 0 Å². The first-order valence-electron chi connectivity index (χ1n) is 7.52. The first-order chi connectivity index (χ1) is 8.92. The molecular formula is C16H28N2O. The number of carbonyl (C=O) groups excluding carboxylic acids is 1. The predicted octanol–water partition coefficient (Wildman–Crippen LogP) is 2.39. The molecule has 0 bridgehead atoms. The summed E-state index contributed by atoms with van der Waals surface area (Å²) in [6.07, 6.45) is 7.58. The van der Waals surface area contributed by atoms with Gasteiger partial charge in [0.25, 0.3) is 0 Å². The molecule has 0 radical (unpaired) electrons. The van der Waals surface area contributed by atoms with Gasteiger partial charge in [-0.15, -0.1) is 0 Å². The van der Waals surface area contributed by atoms with Crippen LogP contribution in [0, 0.1) is 17.3 Å². The van der Waals surface area contributed by atoms with E-state index < -0.39 is 0 Å². The molecule has 1 aliphatic carbocycles. The van der Waals surface area contributed by atoms with E-state index in [0.29, 0.717) is 5.41 Å². The fourth-order valence-electron chi connectivity index (χ4n) is 3.45. The highest BCUT2D eigenvalue weighted by Gasteiger charge is 2.49. The molecule has 3 nitrogen and oxygen atoms in total. The van der Waals surface area contributed by atoms with E-state index in [9.17, 15) is 4.79 Å². The predicted molar refractivity (Wildman–Crippen MR) is 78.9 cm³/mol. The molecule has 0 aromatic heterocycles. The topological polar surface area (TPSA) is 23.6 Å². The van der Waals surface area contributed by atoms with Gasteiger partial charge in [0.1, 0.15) is 0 Å². The summed E-state index contributed by atoms with van der Waals surface area (Å²) in [5.41, 5.74) is 0.472. The number of likely N-dealkylation sites (tertiary alicyclic amines) is 1. The van der Waals surface area contributed by atoms with Gasteiger partial charge in [-0.2, -0.15) is 0 Å². The van der Waals surface area contributed by atoms with Crippen LogP contribution in [0.2, 0.25) is 0 Å². The molecule has 19 heavy (non-hydrogen) atoms. The molecule has 1 aliphatic heterocycles. The molecule has 0 aromatic carbocycles. The summed E-state index contributed by atoms with van der Waals surface area (Å²) in [6, 6.07) is 0. The van der Waals surface area contributed by atoms with Crippen molar-refractivity contribution in [2.45, 2.75) is 33.1 Å². The molecule has 0 atom stereocenters. The van der Waals surface area contributed by atoms with E-state index in [1.54, 1.807) is 6.08 Å². The van der Waals surface area contributed by atoms with Gasteiger partial charge in [-0.25, -0.2) is 0 Å². The van der Waals surface area contributed by atoms with E-state index in [-0.39, 0.29) is 5.91 Å². The number of nitrogens with zero attached hydrogens (tertiary/aromatic N) is 2. The number of rotatable bonds is 4. The zero-order valence-electron chi connectivity index (χ0n) is 12.9. The fraction of sp³-hybridized carbons (Fsp3) is 0.812. The fourth-order valence-corrected chi connectivity index (χ4v) is 3.45. The van der Waals surface area contributed by atoms with Gasteiger partial charge in [-0.3, -0.25) is 4.79 Å². The summed E-state index contributed by atoms with van der Waals surface area (Å²) in [6.45, 7) is 7.41. The first kappa shape index (κ1) is 14.6. The Morgan fingerprint density at radius 3 is 2.68 bits per heavy atom. The van der Waals surface area contributed by atoms with Crippen LogP contribution in [0.5, 0.6) is 0 Å². The molecule has 1 heterocycles. The highest BCUT2D eigenvalue weighted by atomic mass is 16.2. The number of amides is 1. The van der Waals surface area contributed by atoms with Gasteiger partial charge in [-0.05, 0) is 50.6 Å². The Morgan fingerprint density at radius 2 is 2.11 bits per heavy atom. The molecule has 3 heteroatoms. The molecule has 108 valence electrons. The molecule has 1 amide bonds. The van der Waals surface area contributed by atoms with Gasteiger partial charge < -0.3 is 9.80 Å². The molecule has 1 spiro atoms. The third kappa shape index (κ3) is 3.38. The van der Waals surface area contributed by atoms with Crippen molar-refractivity contribution in [3.8, 4) is 0 Å². The summed E-state index contributed by atoms with van der Waals surface area (Å²) < 4.78 is 0. The van der Waals surface area contributed by atoms with Gasteiger partial charge in [0.2, 0.25) is 5.91 Å². The lowest BCUT2D eigenvalue weighted by Gasteiger charge is -2.47. The van der Waals surface area contributed by atoms with Crippen LogP contribution in [-0.4, -0.2) is 49.4 Å². The summed E-state index contributed by atoms with van der Waals surface area (Å²) >= 11 is 0. The van der Waals surface area contributed by atoms with E-state index in [2.05, 4.69) is 18.7 Å². The maximum Gasteiger partial charge on any atom is 0.246 e. The van der Waals surface area contributed by atoms with Crippen LogP contribution in [0.25, 0.3) is 0 Å².